The van der Waals surface area contributed by atoms with Crippen LogP contribution in [-0.4, -0.2) is 51.7 Å². The molecule has 0 amide bonds. The number of guanidine groups is 1. The van der Waals surface area contributed by atoms with E-state index in [1.165, 1.54) is 22.8 Å². The Hall–Kier alpha value is -2.74. The maximum Gasteiger partial charge on any atom is 0.191 e. The summed E-state index contributed by atoms with van der Waals surface area (Å²) in [6.07, 6.45) is 1.97. The van der Waals surface area contributed by atoms with Gasteiger partial charge in [0.2, 0.25) is 0 Å². The molecule has 0 bridgehead atoms. The van der Waals surface area contributed by atoms with Crippen molar-refractivity contribution in [3.05, 3.63) is 60.0 Å². The fourth-order valence-electron chi connectivity index (χ4n) is 3.32. The first-order chi connectivity index (χ1) is 14.3. The second-order valence-electron chi connectivity index (χ2n) is 6.86. The number of aliphatic imine (C=N–C) groups is 1. The molecule has 7 nitrogen and oxygen atoms in total. The number of hydrogen-bond acceptors (Lipinski definition) is 5. The zero-order valence-electron chi connectivity index (χ0n) is 16.7. The minimum Gasteiger partial charge on any atom is -0.370 e. The molecule has 3 aromatic rings. The highest BCUT2D eigenvalue weighted by molar-refractivity contribution is 7.99. The quantitative estimate of drug-likeness (QED) is 0.482. The first-order valence-corrected chi connectivity index (χ1v) is 11.2. The van der Waals surface area contributed by atoms with Crippen molar-refractivity contribution in [3.63, 3.8) is 0 Å². The van der Waals surface area contributed by atoms with E-state index >= 15 is 0 Å². The first kappa shape index (κ1) is 19.6. The molecule has 0 aliphatic carbocycles. The van der Waals surface area contributed by atoms with Gasteiger partial charge in [0.05, 0.1) is 13.1 Å². The topological polar surface area (TPSA) is 69.8 Å². The van der Waals surface area contributed by atoms with E-state index in [9.17, 15) is 0 Å². The monoisotopic (exact) mass is 409 g/mol. The predicted octanol–water partition coefficient (Wildman–Crippen LogP) is 2.54. The zero-order chi connectivity index (χ0) is 19.9. The van der Waals surface area contributed by atoms with E-state index in [2.05, 4.69) is 56.9 Å². The van der Waals surface area contributed by atoms with E-state index < -0.39 is 0 Å². The van der Waals surface area contributed by atoms with Gasteiger partial charge in [0.15, 0.2) is 17.4 Å². The second-order valence-corrected chi connectivity index (χ2v) is 8.08. The molecule has 2 N–H and O–H groups in total. The Bertz CT molecular complexity index is 945. The average molecular weight is 410 g/mol. The molecule has 1 aliphatic heterocycles. The van der Waals surface area contributed by atoms with Crippen molar-refractivity contribution in [1.82, 2.24) is 25.2 Å². The molecule has 8 heteroatoms. The van der Waals surface area contributed by atoms with E-state index in [1.807, 2.05) is 40.6 Å². The highest BCUT2D eigenvalue weighted by Gasteiger charge is 2.11. The maximum atomic E-state index is 4.73. The van der Waals surface area contributed by atoms with Crippen LogP contribution in [0.3, 0.4) is 0 Å². The third kappa shape index (κ3) is 5.00. The van der Waals surface area contributed by atoms with Crippen LogP contribution in [0.25, 0.3) is 5.65 Å². The van der Waals surface area contributed by atoms with Crippen molar-refractivity contribution in [2.75, 3.05) is 36.0 Å². The van der Waals surface area contributed by atoms with Crippen LogP contribution in [0.2, 0.25) is 0 Å². The number of thioether (sulfide) groups is 1. The van der Waals surface area contributed by atoms with Crippen LogP contribution in [0, 0.1) is 0 Å². The Morgan fingerprint density at radius 1 is 1.07 bits per heavy atom. The Morgan fingerprint density at radius 2 is 1.90 bits per heavy atom. The molecule has 0 saturated carbocycles. The van der Waals surface area contributed by atoms with Gasteiger partial charge >= 0.3 is 0 Å². The Kier molecular flexibility index (Phi) is 6.51. The highest BCUT2D eigenvalue weighted by Crippen LogP contribution is 2.20. The summed E-state index contributed by atoms with van der Waals surface area (Å²) in [4.78, 5) is 7.18. The van der Waals surface area contributed by atoms with Crippen molar-refractivity contribution in [2.45, 2.75) is 20.0 Å². The minimum atomic E-state index is 0.558. The van der Waals surface area contributed by atoms with Crippen LogP contribution in [0.15, 0.2) is 53.7 Å². The smallest absolute Gasteiger partial charge is 0.191 e. The van der Waals surface area contributed by atoms with E-state index in [0.717, 1.165) is 37.1 Å². The fourth-order valence-corrected chi connectivity index (χ4v) is 4.22. The SMILES string of the molecule is CCNC(=NCc1ccc(N2CCSCC2)cc1)NCc1nnc2ccccn12. The van der Waals surface area contributed by atoms with Gasteiger partial charge < -0.3 is 15.5 Å². The van der Waals surface area contributed by atoms with Gasteiger partial charge in [-0.2, -0.15) is 11.8 Å². The lowest BCUT2D eigenvalue weighted by molar-refractivity contribution is 0.765. The lowest BCUT2D eigenvalue weighted by Crippen LogP contribution is -2.37. The normalized spacial score (nSPS) is 14.9. The molecule has 1 saturated heterocycles. The molecule has 0 radical (unpaired) electrons. The van der Waals surface area contributed by atoms with Crippen LogP contribution in [0.5, 0.6) is 0 Å². The van der Waals surface area contributed by atoms with Crippen LogP contribution in [0.4, 0.5) is 5.69 Å². The van der Waals surface area contributed by atoms with Gasteiger partial charge in [-0.25, -0.2) is 4.99 Å². The summed E-state index contributed by atoms with van der Waals surface area (Å²) >= 11 is 2.03. The summed E-state index contributed by atoms with van der Waals surface area (Å²) in [6.45, 7) is 6.32. The molecule has 0 spiro atoms. The maximum absolute atomic E-state index is 4.73. The van der Waals surface area contributed by atoms with E-state index in [1.54, 1.807) is 0 Å². The predicted molar refractivity (Wildman–Crippen MR) is 121 cm³/mol. The van der Waals surface area contributed by atoms with Gasteiger partial charge in [0.25, 0.3) is 0 Å². The van der Waals surface area contributed by atoms with Crippen molar-refractivity contribution >= 4 is 29.1 Å². The number of rotatable bonds is 6. The summed E-state index contributed by atoms with van der Waals surface area (Å²) in [5.74, 6) is 4.06. The number of pyridine rings is 1. The Balaban J connectivity index is 1.37. The number of aromatic nitrogens is 3. The Morgan fingerprint density at radius 3 is 2.69 bits per heavy atom. The van der Waals surface area contributed by atoms with Gasteiger partial charge in [0, 0.05) is 43.0 Å². The fraction of sp³-hybridized carbons (Fsp3) is 0.381. The summed E-state index contributed by atoms with van der Waals surface area (Å²) in [6, 6.07) is 14.7. The van der Waals surface area contributed by atoms with Crippen LogP contribution < -0.4 is 15.5 Å². The van der Waals surface area contributed by atoms with Crippen LogP contribution in [-0.2, 0) is 13.1 Å². The number of fused-ring (bicyclic) bond motifs is 1. The number of anilines is 1. The molecule has 1 aromatic carbocycles. The summed E-state index contributed by atoms with van der Waals surface area (Å²) in [5.41, 5.74) is 3.35. The number of nitrogens with one attached hydrogen (secondary N) is 2. The zero-order valence-corrected chi connectivity index (χ0v) is 17.5. The van der Waals surface area contributed by atoms with Crippen molar-refractivity contribution in [1.29, 1.82) is 0 Å². The van der Waals surface area contributed by atoms with Crippen LogP contribution in [0.1, 0.15) is 18.3 Å². The molecule has 0 atom stereocenters. The van der Waals surface area contributed by atoms with Crippen LogP contribution >= 0.6 is 11.8 Å². The van der Waals surface area contributed by atoms with Crippen molar-refractivity contribution in [2.24, 2.45) is 4.99 Å². The number of hydrogen-bond donors (Lipinski definition) is 2. The molecular weight excluding hydrogens is 382 g/mol. The lowest BCUT2D eigenvalue weighted by Gasteiger charge is -2.28. The molecular formula is C21H27N7S. The van der Waals surface area contributed by atoms with Gasteiger partial charge in [-0.1, -0.05) is 18.2 Å². The molecule has 4 rings (SSSR count). The van der Waals surface area contributed by atoms with E-state index in [4.69, 9.17) is 4.99 Å². The minimum absolute atomic E-state index is 0.558. The molecule has 0 unspecified atom stereocenters. The number of nitrogens with zero attached hydrogens (tertiary/aromatic N) is 5. The van der Waals surface area contributed by atoms with Gasteiger partial charge in [-0.05, 0) is 36.8 Å². The number of benzene rings is 1. The van der Waals surface area contributed by atoms with Gasteiger partial charge in [-0.3, -0.25) is 4.40 Å². The molecule has 1 aliphatic rings. The Labute approximate surface area is 175 Å². The third-order valence-electron chi connectivity index (χ3n) is 4.87. The highest BCUT2D eigenvalue weighted by atomic mass is 32.2. The van der Waals surface area contributed by atoms with Gasteiger partial charge in [-0.15, -0.1) is 10.2 Å². The lowest BCUT2D eigenvalue weighted by atomic mass is 10.2. The van der Waals surface area contributed by atoms with E-state index in [0.29, 0.717) is 13.1 Å². The first-order valence-electron chi connectivity index (χ1n) is 10.1. The summed E-state index contributed by atoms with van der Waals surface area (Å²) in [5, 5.41) is 15.1. The largest absolute Gasteiger partial charge is 0.370 e. The molecule has 29 heavy (non-hydrogen) atoms. The van der Waals surface area contributed by atoms with Crippen molar-refractivity contribution < 1.29 is 0 Å². The second kappa shape index (κ2) is 9.65. The average Bonchev–Trinajstić information content (AvgIpc) is 3.20. The standard InChI is InChI=1S/C21H27N7S/c1-2-22-21(24-16-20-26-25-19-5-3-4-10-28(19)20)23-15-17-6-8-18(9-7-17)27-11-13-29-14-12-27/h3-10H,2,11-16H2,1H3,(H2,22,23,24). The van der Waals surface area contributed by atoms with E-state index in [-0.39, 0.29) is 0 Å². The summed E-state index contributed by atoms with van der Waals surface area (Å²) < 4.78 is 1.98. The third-order valence-corrected chi connectivity index (χ3v) is 5.82. The molecule has 3 heterocycles. The van der Waals surface area contributed by atoms with Crippen molar-refractivity contribution in [3.8, 4) is 0 Å². The van der Waals surface area contributed by atoms with Gasteiger partial charge in [0.1, 0.15) is 0 Å². The molecule has 1 fully saturated rings. The summed E-state index contributed by atoms with van der Waals surface area (Å²) in [7, 11) is 0. The molecule has 152 valence electrons. The molecule has 2 aromatic heterocycles.